The van der Waals surface area contributed by atoms with E-state index in [9.17, 15) is 4.79 Å². The highest BCUT2D eigenvalue weighted by Crippen LogP contribution is 2.27. The maximum absolute atomic E-state index is 11.1. The van der Waals surface area contributed by atoms with E-state index in [0.717, 1.165) is 11.3 Å². The number of hydrogen-bond donors (Lipinski definition) is 1. The van der Waals surface area contributed by atoms with Crippen LogP contribution in [0, 0.1) is 11.3 Å². The molecule has 1 aromatic rings. The van der Waals surface area contributed by atoms with Gasteiger partial charge in [0.05, 0.1) is 13.2 Å². The summed E-state index contributed by atoms with van der Waals surface area (Å²) in [6, 6.07) is 1.88. The van der Waals surface area contributed by atoms with Crippen molar-refractivity contribution in [2.75, 3.05) is 19.0 Å². The van der Waals surface area contributed by atoms with Crippen LogP contribution in [0.1, 0.15) is 9.67 Å². The van der Waals surface area contributed by atoms with Gasteiger partial charge in [-0.2, -0.15) is 5.26 Å². The summed E-state index contributed by atoms with van der Waals surface area (Å²) in [6.45, 7) is 0.116. The number of nitrogens with one attached hydrogen (secondary N) is 1. The SMILES string of the molecule is COC(=O)c1sc(NCC#N)nc1Cl. The third-order valence-corrected chi connectivity index (χ3v) is 2.65. The standard InChI is InChI=1S/C7H6ClN3O2S/c1-13-6(12)4-5(8)11-7(14-4)10-3-2-9/h3H2,1H3,(H,10,11). The van der Waals surface area contributed by atoms with Gasteiger partial charge in [-0.1, -0.05) is 22.9 Å². The van der Waals surface area contributed by atoms with Crippen molar-refractivity contribution in [2.24, 2.45) is 0 Å². The fourth-order valence-electron chi connectivity index (χ4n) is 0.711. The number of methoxy groups -OCH3 is 1. The molecular formula is C7H6ClN3O2S. The molecule has 0 fully saturated rings. The van der Waals surface area contributed by atoms with Crippen LogP contribution >= 0.6 is 22.9 Å². The van der Waals surface area contributed by atoms with E-state index in [1.807, 2.05) is 6.07 Å². The lowest BCUT2D eigenvalue weighted by Crippen LogP contribution is -1.98. The molecule has 0 aliphatic rings. The number of aromatic nitrogens is 1. The number of rotatable bonds is 3. The lowest BCUT2D eigenvalue weighted by Gasteiger charge is -1.92. The molecule has 5 nitrogen and oxygen atoms in total. The Morgan fingerprint density at radius 3 is 3.14 bits per heavy atom. The molecule has 1 heterocycles. The maximum atomic E-state index is 11.1. The number of nitriles is 1. The zero-order valence-corrected chi connectivity index (χ0v) is 8.78. The molecule has 0 amide bonds. The van der Waals surface area contributed by atoms with Gasteiger partial charge in [0.2, 0.25) is 0 Å². The average molecular weight is 232 g/mol. The second-order valence-electron chi connectivity index (χ2n) is 2.14. The highest BCUT2D eigenvalue weighted by molar-refractivity contribution is 7.18. The Hall–Kier alpha value is -1.32. The minimum absolute atomic E-state index is 0.0855. The minimum Gasteiger partial charge on any atom is -0.465 e. The van der Waals surface area contributed by atoms with Gasteiger partial charge in [-0.15, -0.1) is 0 Å². The monoisotopic (exact) mass is 231 g/mol. The van der Waals surface area contributed by atoms with Crippen LogP contribution in [0.4, 0.5) is 5.13 Å². The molecule has 1 N–H and O–H groups in total. The van der Waals surface area contributed by atoms with Gasteiger partial charge in [0.15, 0.2) is 15.2 Å². The van der Waals surface area contributed by atoms with Crippen LogP contribution in [0.3, 0.4) is 0 Å². The molecule has 0 bridgehead atoms. The molecule has 74 valence electrons. The Labute approximate surface area is 89.3 Å². The number of ether oxygens (including phenoxy) is 1. The summed E-state index contributed by atoms with van der Waals surface area (Å²) >= 11 is 6.73. The smallest absolute Gasteiger partial charge is 0.351 e. The molecule has 0 unspecified atom stereocenters. The molecule has 0 aliphatic heterocycles. The third kappa shape index (κ3) is 2.34. The van der Waals surface area contributed by atoms with E-state index in [1.165, 1.54) is 7.11 Å². The summed E-state index contributed by atoms with van der Waals surface area (Å²) in [4.78, 5) is 15.2. The van der Waals surface area contributed by atoms with Crippen molar-refractivity contribution in [3.05, 3.63) is 10.0 Å². The van der Waals surface area contributed by atoms with Crippen LogP contribution in [-0.2, 0) is 4.74 Å². The summed E-state index contributed by atoms with van der Waals surface area (Å²) in [5, 5.41) is 11.5. The van der Waals surface area contributed by atoms with Gasteiger partial charge in [0.25, 0.3) is 0 Å². The molecular weight excluding hydrogens is 226 g/mol. The van der Waals surface area contributed by atoms with Crippen molar-refractivity contribution < 1.29 is 9.53 Å². The number of carbonyl (C=O) groups is 1. The summed E-state index contributed by atoms with van der Waals surface area (Å²) in [6.07, 6.45) is 0. The van der Waals surface area contributed by atoms with E-state index in [0.29, 0.717) is 5.13 Å². The van der Waals surface area contributed by atoms with E-state index in [-0.39, 0.29) is 16.6 Å². The Kier molecular flexibility index (Phi) is 3.68. The Balaban J connectivity index is 2.83. The maximum Gasteiger partial charge on any atom is 0.351 e. The number of hydrogen-bond acceptors (Lipinski definition) is 6. The zero-order valence-electron chi connectivity index (χ0n) is 7.20. The molecule has 7 heteroatoms. The van der Waals surface area contributed by atoms with Crippen LogP contribution < -0.4 is 5.32 Å². The van der Waals surface area contributed by atoms with Gasteiger partial charge in [-0.3, -0.25) is 0 Å². The molecule has 0 spiro atoms. The van der Waals surface area contributed by atoms with Crippen LogP contribution in [0.25, 0.3) is 0 Å². The predicted molar refractivity (Wildman–Crippen MR) is 52.6 cm³/mol. The van der Waals surface area contributed by atoms with Crippen molar-refractivity contribution in [1.82, 2.24) is 4.98 Å². The van der Waals surface area contributed by atoms with E-state index >= 15 is 0 Å². The first-order chi connectivity index (χ1) is 6.69. The first-order valence-electron chi connectivity index (χ1n) is 3.54. The summed E-state index contributed by atoms with van der Waals surface area (Å²) in [7, 11) is 1.26. The number of esters is 1. The largest absolute Gasteiger partial charge is 0.465 e. The molecule has 1 aromatic heterocycles. The van der Waals surface area contributed by atoms with Crippen molar-refractivity contribution in [3.8, 4) is 6.07 Å². The second-order valence-corrected chi connectivity index (χ2v) is 3.50. The van der Waals surface area contributed by atoms with E-state index in [2.05, 4.69) is 15.0 Å². The number of nitrogens with zero attached hydrogens (tertiary/aromatic N) is 2. The molecule has 0 aromatic carbocycles. The van der Waals surface area contributed by atoms with Gasteiger partial charge in [-0.25, -0.2) is 9.78 Å². The number of thiazole rings is 1. The van der Waals surface area contributed by atoms with Crippen LogP contribution in [0.15, 0.2) is 0 Å². The third-order valence-electron chi connectivity index (χ3n) is 1.28. The van der Waals surface area contributed by atoms with E-state index in [4.69, 9.17) is 16.9 Å². The van der Waals surface area contributed by atoms with Crippen LogP contribution in [0.5, 0.6) is 0 Å². The van der Waals surface area contributed by atoms with Gasteiger partial charge in [-0.05, 0) is 0 Å². The first kappa shape index (κ1) is 10.8. The molecule has 1 rings (SSSR count). The molecule has 0 aliphatic carbocycles. The number of halogens is 1. The van der Waals surface area contributed by atoms with Crippen molar-refractivity contribution in [2.45, 2.75) is 0 Å². The fraction of sp³-hybridized carbons (Fsp3) is 0.286. The number of anilines is 1. The molecule has 0 saturated heterocycles. The molecule has 14 heavy (non-hydrogen) atoms. The molecule has 0 saturated carbocycles. The van der Waals surface area contributed by atoms with Crippen LogP contribution in [0.2, 0.25) is 5.15 Å². The van der Waals surface area contributed by atoms with E-state index in [1.54, 1.807) is 0 Å². The normalized spacial score (nSPS) is 9.21. The van der Waals surface area contributed by atoms with Gasteiger partial charge in [0, 0.05) is 0 Å². The van der Waals surface area contributed by atoms with Crippen molar-refractivity contribution in [1.29, 1.82) is 5.26 Å². The molecule has 0 radical (unpaired) electrons. The lowest BCUT2D eigenvalue weighted by atomic mass is 10.6. The van der Waals surface area contributed by atoms with E-state index < -0.39 is 5.97 Å². The topological polar surface area (TPSA) is 75.0 Å². The average Bonchev–Trinajstić information content (AvgIpc) is 2.55. The summed E-state index contributed by atoms with van der Waals surface area (Å²) < 4.78 is 4.49. The van der Waals surface area contributed by atoms with Gasteiger partial charge >= 0.3 is 5.97 Å². The summed E-state index contributed by atoms with van der Waals surface area (Å²) in [5.74, 6) is -0.530. The second kappa shape index (κ2) is 4.79. The highest BCUT2D eigenvalue weighted by Gasteiger charge is 2.16. The predicted octanol–water partition coefficient (Wildman–Crippen LogP) is 1.52. The quantitative estimate of drug-likeness (QED) is 0.631. The minimum atomic E-state index is -0.530. The highest BCUT2D eigenvalue weighted by atomic mass is 35.5. The van der Waals surface area contributed by atoms with Crippen molar-refractivity contribution >= 4 is 34.0 Å². The Bertz CT molecular complexity index is 385. The van der Waals surface area contributed by atoms with Crippen molar-refractivity contribution in [3.63, 3.8) is 0 Å². The summed E-state index contributed by atoms with van der Waals surface area (Å²) in [5.41, 5.74) is 0. The van der Waals surface area contributed by atoms with Gasteiger partial charge in [0.1, 0.15) is 6.54 Å². The number of carbonyl (C=O) groups excluding carboxylic acids is 1. The fourth-order valence-corrected chi connectivity index (χ4v) is 1.81. The first-order valence-corrected chi connectivity index (χ1v) is 4.74. The van der Waals surface area contributed by atoms with Gasteiger partial charge < -0.3 is 10.1 Å². The molecule has 0 atom stereocenters. The Morgan fingerprint density at radius 1 is 1.86 bits per heavy atom. The Morgan fingerprint density at radius 2 is 2.57 bits per heavy atom. The zero-order chi connectivity index (χ0) is 10.6. The van der Waals surface area contributed by atoms with Crippen LogP contribution in [-0.4, -0.2) is 24.6 Å². The lowest BCUT2D eigenvalue weighted by molar-refractivity contribution is 0.0606.